The van der Waals surface area contributed by atoms with Crippen molar-refractivity contribution >= 4 is 0 Å². The molecule has 1 unspecified atom stereocenters. The minimum Gasteiger partial charge on any atom is -0.494 e. The normalized spacial score (nSPS) is 11.3. The SMILES string of the molecule is CC.CCOc1ccc(C)cc1C(CC)c1ccccc1. The van der Waals surface area contributed by atoms with Crippen molar-refractivity contribution in [2.24, 2.45) is 0 Å². The Morgan fingerprint density at radius 1 is 0.952 bits per heavy atom. The molecule has 2 aromatic carbocycles. The van der Waals surface area contributed by atoms with Gasteiger partial charge < -0.3 is 4.74 Å². The summed E-state index contributed by atoms with van der Waals surface area (Å²) in [6.45, 7) is 11.1. The van der Waals surface area contributed by atoms with Crippen molar-refractivity contribution in [2.45, 2.75) is 47.0 Å². The Hall–Kier alpha value is -1.76. The van der Waals surface area contributed by atoms with Gasteiger partial charge in [0.25, 0.3) is 0 Å². The molecule has 0 spiro atoms. The molecule has 0 saturated carbocycles. The number of ether oxygens (including phenoxy) is 1. The van der Waals surface area contributed by atoms with E-state index in [9.17, 15) is 0 Å². The largest absolute Gasteiger partial charge is 0.494 e. The van der Waals surface area contributed by atoms with E-state index in [1.54, 1.807) is 0 Å². The van der Waals surface area contributed by atoms with Crippen LogP contribution in [0.1, 0.15) is 56.7 Å². The van der Waals surface area contributed by atoms with Crippen LogP contribution in [0.25, 0.3) is 0 Å². The van der Waals surface area contributed by atoms with Crippen LogP contribution in [0.15, 0.2) is 48.5 Å². The first kappa shape index (κ1) is 17.3. The van der Waals surface area contributed by atoms with E-state index in [1.807, 2.05) is 20.8 Å². The minimum absolute atomic E-state index is 0.405. The summed E-state index contributed by atoms with van der Waals surface area (Å²) in [7, 11) is 0. The van der Waals surface area contributed by atoms with Gasteiger partial charge in [0, 0.05) is 11.5 Å². The molecule has 0 amide bonds. The van der Waals surface area contributed by atoms with Crippen molar-refractivity contribution in [2.75, 3.05) is 6.61 Å². The third-order valence-electron chi connectivity index (χ3n) is 3.45. The van der Waals surface area contributed by atoms with Gasteiger partial charge in [-0.2, -0.15) is 0 Å². The maximum Gasteiger partial charge on any atom is 0.123 e. The van der Waals surface area contributed by atoms with Crippen molar-refractivity contribution in [1.29, 1.82) is 0 Å². The summed E-state index contributed by atoms with van der Waals surface area (Å²) in [6.07, 6.45) is 1.08. The second-order valence-corrected chi connectivity index (χ2v) is 4.85. The summed E-state index contributed by atoms with van der Waals surface area (Å²) < 4.78 is 5.80. The topological polar surface area (TPSA) is 9.23 Å². The molecule has 0 bridgehead atoms. The van der Waals surface area contributed by atoms with E-state index in [2.05, 4.69) is 62.4 Å². The fourth-order valence-corrected chi connectivity index (χ4v) is 2.55. The van der Waals surface area contributed by atoms with E-state index in [1.165, 1.54) is 16.7 Å². The van der Waals surface area contributed by atoms with Crippen LogP contribution in [0.4, 0.5) is 0 Å². The van der Waals surface area contributed by atoms with E-state index in [0.29, 0.717) is 12.5 Å². The zero-order valence-electron chi connectivity index (χ0n) is 14.0. The van der Waals surface area contributed by atoms with Gasteiger partial charge in [-0.05, 0) is 31.9 Å². The number of hydrogen-bond donors (Lipinski definition) is 0. The van der Waals surface area contributed by atoms with Gasteiger partial charge in [0.2, 0.25) is 0 Å². The molecule has 0 aromatic heterocycles. The summed E-state index contributed by atoms with van der Waals surface area (Å²) in [4.78, 5) is 0. The summed E-state index contributed by atoms with van der Waals surface area (Å²) in [5.74, 6) is 1.42. The maximum absolute atomic E-state index is 5.80. The molecule has 0 aliphatic carbocycles. The van der Waals surface area contributed by atoms with Crippen molar-refractivity contribution in [3.05, 3.63) is 65.2 Å². The van der Waals surface area contributed by atoms with Crippen LogP contribution < -0.4 is 4.74 Å². The van der Waals surface area contributed by atoms with Crippen LogP contribution in [0.3, 0.4) is 0 Å². The van der Waals surface area contributed by atoms with Gasteiger partial charge in [-0.3, -0.25) is 0 Å². The van der Waals surface area contributed by atoms with Crippen molar-refractivity contribution in [1.82, 2.24) is 0 Å². The highest BCUT2D eigenvalue weighted by Gasteiger charge is 2.16. The zero-order valence-corrected chi connectivity index (χ0v) is 14.0. The minimum atomic E-state index is 0.405. The van der Waals surface area contributed by atoms with Gasteiger partial charge >= 0.3 is 0 Å². The first-order valence-corrected chi connectivity index (χ1v) is 8.04. The third-order valence-corrected chi connectivity index (χ3v) is 3.45. The predicted molar refractivity (Wildman–Crippen MR) is 92.3 cm³/mol. The summed E-state index contributed by atoms with van der Waals surface area (Å²) in [5, 5.41) is 0. The third kappa shape index (κ3) is 4.63. The number of benzene rings is 2. The molecular weight excluding hydrogens is 256 g/mol. The Balaban J connectivity index is 0.00000106. The number of rotatable bonds is 5. The van der Waals surface area contributed by atoms with E-state index in [-0.39, 0.29) is 0 Å². The molecule has 2 rings (SSSR count). The van der Waals surface area contributed by atoms with Crippen molar-refractivity contribution in [3.63, 3.8) is 0 Å². The zero-order chi connectivity index (χ0) is 15.7. The van der Waals surface area contributed by atoms with E-state index in [4.69, 9.17) is 4.74 Å². The number of aryl methyl sites for hydroxylation is 1. The molecule has 1 nitrogen and oxygen atoms in total. The lowest BCUT2D eigenvalue weighted by Crippen LogP contribution is -2.04. The highest BCUT2D eigenvalue weighted by molar-refractivity contribution is 5.44. The van der Waals surface area contributed by atoms with Crippen molar-refractivity contribution < 1.29 is 4.74 Å². The first-order chi connectivity index (χ1) is 10.3. The maximum atomic E-state index is 5.80. The predicted octanol–water partition coefficient (Wildman–Crippen LogP) is 5.96. The summed E-state index contributed by atoms with van der Waals surface area (Å²) in [6, 6.07) is 17.1. The second-order valence-electron chi connectivity index (χ2n) is 4.85. The number of hydrogen-bond acceptors (Lipinski definition) is 1. The van der Waals surface area contributed by atoms with E-state index >= 15 is 0 Å². The monoisotopic (exact) mass is 284 g/mol. The van der Waals surface area contributed by atoms with Crippen LogP contribution in [-0.2, 0) is 0 Å². The molecule has 0 aliphatic heterocycles. The average molecular weight is 284 g/mol. The molecule has 0 aliphatic rings. The van der Waals surface area contributed by atoms with Gasteiger partial charge in [-0.15, -0.1) is 0 Å². The van der Waals surface area contributed by atoms with Gasteiger partial charge in [0.15, 0.2) is 0 Å². The standard InChI is InChI=1S/C18H22O.C2H6/c1-4-16(15-9-7-6-8-10-15)17-13-14(3)11-12-18(17)19-5-2;1-2/h6-13,16H,4-5H2,1-3H3;1-2H3. The van der Waals surface area contributed by atoms with Crippen LogP contribution in [-0.4, -0.2) is 6.61 Å². The lowest BCUT2D eigenvalue weighted by atomic mass is 9.88. The van der Waals surface area contributed by atoms with Crippen LogP contribution in [0.5, 0.6) is 5.75 Å². The molecule has 0 radical (unpaired) electrons. The Morgan fingerprint density at radius 3 is 2.19 bits per heavy atom. The highest BCUT2D eigenvalue weighted by atomic mass is 16.5. The summed E-state index contributed by atoms with van der Waals surface area (Å²) in [5.41, 5.74) is 3.94. The fraction of sp³-hybridized carbons (Fsp3) is 0.400. The smallest absolute Gasteiger partial charge is 0.123 e. The Bertz CT molecular complexity index is 517. The Kier molecular flexibility index (Phi) is 7.60. The molecule has 21 heavy (non-hydrogen) atoms. The second kappa shape index (κ2) is 9.23. The van der Waals surface area contributed by atoms with E-state index in [0.717, 1.165) is 12.2 Å². The lowest BCUT2D eigenvalue weighted by molar-refractivity contribution is 0.335. The van der Waals surface area contributed by atoms with Gasteiger partial charge in [0.1, 0.15) is 5.75 Å². The quantitative estimate of drug-likeness (QED) is 0.658. The highest BCUT2D eigenvalue weighted by Crippen LogP contribution is 2.34. The molecule has 1 heteroatoms. The summed E-state index contributed by atoms with van der Waals surface area (Å²) >= 11 is 0. The first-order valence-electron chi connectivity index (χ1n) is 8.04. The average Bonchev–Trinajstić information content (AvgIpc) is 2.54. The molecule has 2 aromatic rings. The Labute approximate surface area is 130 Å². The molecule has 114 valence electrons. The van der Waals surface area contributed by atoms with Gasteiger partial charge in [-0.1, -0.05) is 68.8 Å². The molecule has 0 N–H and O–H groups in total. The molecule has 0 heterocycles. The van der Waals surface area contributed by atoms with Crippen molar-refractivity contribution in [3.8, 4) is 5.75 Å². The van der Waals surface area contributed by atoms with Crippen LogP contribution >= 0.6 is 0 Å². The van der Waals surface area contributed by atoms with Gasteiger partial charge in [0.05, 0.1) is 6.61 Å². The molecule has 0 fully saturated rings. The van der Waals surface area contributed by atoms with Crippen LogP contribution in [0, 0.1) is 6.92 Å². The molecule has 1 atom stereocenters. The lowest BCUT2D eigenvalue weighted by Gasteiger charge is -2.20. The Morgan fingerprint density at radius 2 is 1.62 bits per heavy atom. The van der Waals surface area contributed by atoms with Gasteiger partial charge in [-0.25, -0.2) is 0 Å². The molecular formula is C20H28O. The molecule has 0 saturated heterocycles. The van der Waals surface area contributed by atoms with E-state index < -0.39 is 0 Å². The van der Waals surface area contributed by atoms with Crippen LogP contribution in [0.2, 0.25) is 0 Å². The fourth-order valence-electron chi connectivity index (χ4n) is 2.55.